The molecule has 126 valence electrons. The van der Waals surface area contributed by atoms with Crippen LogP contribution in [0.3, 0.4) is 0 Å². The molecule has 0 radical (unpaired) electrons. The second-order valence-corrected chi connectivity index (χ2v) is 6.33. The minimum atomic E-state index is -0.359. The van der Waals surface area contributed by atoms with Crippen LogP contribution in [0.15, 0.2) is 54.6 Å². The number of amides is 1. The molecule has 2 atom stereocenters. The molecular formula is C20H23FN2O. The van der Waals surface area contributed by atoms with Crippen molar-refractivity contribution < 1.29 is 9.18 Å². The third-order valence-corrected chi connectivity index (χ3v) is 4.49. The fraction of sp³-hybridized carbons (Fsp3) is 0.350. The maximum Gasteiger partial charge on any atom is 0.222 e. The van der Waals surface area contributed by atoms with Gasteiger partial charge in [-0.15, -0.1) is 0 Å². The van der Waals surface area contributed by atoms with E-state index >= 15 is 0 Å². The number of rotatable bonds is 6. The summed E-state index contributed by atoms with van der Waals surface area (Å²) in [6, 6.07) is 16.4. The quantitative estimate of drug-likeness (QED) is 0.854. The van der Waals surface area contributed by atoms with Crippen LogP contribution in [0.25, 0.3) is 0 Å². The van der Waals surface area contributed by atoms with Gasteiger partial charge >= 0.3 is 0 Å². The van der Waals surface area contributed by atoms with Gasteiger partial charge in [-0.25, -0.2) is 4.39 Å². The van der Waals surface area contributed by atoms with Crippen molar-refractivity contribution in [3.8, 4) is 0 Å². The summed E-state index contributed by atoms with van der Waals surface area (Å²) in [6.07, 6.45) is 3.15. The van der Waals surface area contributed by atoms with Gasteiger partial charge in [-0.3, -0.25) is 4.79 Å². The van der Waals surface area contributed by atoms with Crippen LogP contribution in [0.2, 0.25) is 0 Å². The van der Waals surface area contributed by atoms with E-state index in [1.165, 1.54) is 6.07 Å². The predicted molar refractivity (Wildman–Crippen MR) is 93.1 cm³/mol. The minimum Gasteiger partial charge on any atom is -0.349 e. The Labute approximate surface area is 142 Å². The summed E-state index contributed by atoms with van der Waals surface area (Å²) in [5, 5.41) is 6.36. The maximum atomic E-state index is 14.2. The van der Waals surface area contributed by atoms with E-state index in [0.29, 0.717) is 18.4 Å². The molecule has 1 saturated heterocycles. The number of hydrogen-bond acceptors (Lipinski definition) is 2. The number of nitrogens with one attached hydrogen (secondary N) is 2. The first kappa shape index (κ1) is 16.7. The first-order valence-corrected chi connectivity index (χ1v) is 8.53. The van der Waals surface area contributed by atoms with Gasteiger partial charge in [0, 0.05) is 18.0 Å². The van der Waals surface area contributed by atoms with Crippen molar-refractivity contribution in [2.24, 2.45) is 0 Å². The molecule has 2 N–H and O–H groups in total. The lowest BCUT2D eigenvalue weighted by Gasteiger charge is -2.21. The minimum absolute atomic E-state index is 0.0291. The fourth-order valence-electron chi connectivity index (χ4n) is 3.25. The Balaban J connectivity index is 1.74. The molecule has 2 aromatic rings. The third-order valence-electron chi connectivity index (χ3n) is 4.49. The maximum absolute atomic E-state index is 14.2. The summed E-state index contributed by atoms with van der Waals surface area (Å²) in [5.41, 5.74) is 1.61. The molecule has 0 saturated carbocycles. The molecule has 1 fully saturated rings. The van der Waals surface area contributed by atoms with Crippen LogP contribution in [0.1, 0.15) is 36.4 Å². The summed E-state index contributed by atoms with van der Waals surface area (Å²) < 4.78 is 14.2. The van der Waals surface area contributed by atoms with Crippen molar-refractivity contribution in [2.45, 2.75) is 37.8 Å². The normalized spacial score (nSPS) is 18.3. The van der Waals surface area contributed by atoms with Crippen molar-refractivity contribution in [3.63, 3.8) is 0 Å². The average molecular weight is 326 g/mol. The molecule has 0 aromatic heterocycles. The molecule has 0 aliphatic carbocycles. The Morgan fingerprint density at radius 1 is 1.17 bits per heavy atom. The van der Waals surface area contributed by atoms with Gasteiger partial charge in [0.15, 0.2) is 0 Å². The van der Waals surface area contributed by atoms with E-state index in [2.05, 4.69) is 10.6 Å². The van der Waals surface area contributed by atoms with E-state index in [1.807, 2.05) is 30.3 Å². The molecular weight excluding hydrogens is 303 g/mol. The third kappa shape index (κ3) is 4.42. The summed E-state index contributed by atoms with van der Waals surface area (Å²) in [5.74, 6) is -0.309. The molecule has 0 bridgehead atoms. The molecule has 3 nitrogen and oxygen atoms in total. The van der Waals surface area contributed by atoms with Crippen LogP contribution in [0, 0.1) is 5.82 Å². The average Bonchev–Trinajstić information content (AvgIpc) is 3.08. The van der Waals surface area contributed by atoms with Crippen LogP contribution in [0.5, 0.6) is 0 Å². The van der Waals surface area contributed by atoms with Gasteiger partial charge in [0.05, 0.1) is 6.04 Å². The number of carbonyl (C=O) groups is 1. The van der Waals surface area contributed by atoms with E-state index in [-0.39, 0.29) is 23.8 Å². The second-order valence-electron chi connectivity index (χ2n) is 6.33. The van der Waals surface area contributed by atoms with Gasteiger partial charge < -0.3 is 10.6 Å². The van der Waals surface area contributed by atoms with Crippen molar-refractivity contribution in [3.05, 3.63) is 71.5 Å². The number of halogens is 1. The van der Waals surface area contributed by atoms with E-state index in [4.69, 9.17) is 0 Å². The van der Waals surface area contributed by atoms with Gasteiger partial charge in [-0.05, 0) is 37.4 Å². The smallest absolute Gasteiger partial charge is 0.222 e. The lowest BCUT2D eigenvalue weighted by atomic mass is 9.98. The van der Waals surface area contributed by atoms with E-state index in [9.17, 15) is 9.18 Å². The van der Waals surface area contributed by atoms with Crippen LogP contribution in [0.4, 0.5) is 4.39 Å². The summed E-state index contributed by atoms with van der Waals surface area (Å²) in [4.78, 5) is 12.4. The van der Waals surface area contributed by atoms with Gasteiger partial charge in [-0.2, -0.15) is 0 Å². The molecule has 1 aliphatic rings. The lowest BCUT2D eigenvalue weighted by molar-refractivity contribution is -0.122. The van der Waals surface area contributed by atoms with Crippen LogP contribution in [-0.2, 0) is 11.2 Å². The molecule has 1 heterocycles. The zero-order valence-electron chi connectivity index (χ0n) is 13.7. The zero-order chi connectivity index (χ0) is 16.8. The van der Waals surface area contributed by atoms with Crippen molar-refractivity contribution in [2.75, 3.05) is 6.54 Å². The largest absolute Gasteiger partial charge is 0.349 e. The second kappa shape index (κ2) is 8.06. The van der Waals surface area contributed by atoms with Crippen LogP contribution in [-0.4, -0.2) is 18.5 Å². The van der Waals surface area contributed by atoms with Crippen LogP contribution >= 0.6 is 0 Å². The molecule has 24 heavy (non-hydrogen) atoms. The Morgan fingerprint density at radius 2 is 1.92 bits per heavy atom. The molecule has 4 heteroatoms. The number of hydrogen-bond donors (Lipinski definition) is 2. The van der Waals surface area contributed by atoms with Crippen molar-refractivity contribution >= 4 is 5.91 Å². The highest BCUT2D eigenvalue weighted by atomic mass is 19.1. The Hall–Kier alpha value is -2.20. The first-order chi connectivity index (χ1) is 11.7. The zero-order valence-corrected chi connectivity index (χ0v) is 13.7. The number of carbonyl (C=O) groups excluding carboxylic acids is 1. The fourth-order valence-corrected chi connectivity index (χ4v) is 3.25. The summed E-state index contributed by atoms with van der Waals surface area (Å²) in [7, 11) is 0. The predicted octanol–water partition coefficient (Wildman–Crippen LogP) is 3.37. The monoisotopic (exact) mass is 326 g/mol. The topological polar surface area (TPSA) is 41.1 Å². The molecule has 1 aliphatic heterocycles. The standard InChI is InChI=1S/C20H23FN2O/c21-18-11-5-4-10-17(18)19(13-15-7-2-1-3-8-15)23-20(24)14-16-9-6-12-22-16/h1-5,7-8,10-11,16,19,22H,6,9,12-14H2,(H,23,24). The number of benzene rings is 2. The summed E-state index contributed by atoms with van der Waals surface area (Å²) >= 11 is 0. The molecule has 2 unspecified atom stereocenters. The van der Waals surface area contributed by atoms with Gasteiger partial charge in [0.1, 0.15) is 5.82 Å². The molecule has 1 amide bonds. The highest BCUT2D eigenvalue weighted by molar-refractivity contribution is 5.77. The van der Waals surface area contributed by atoms with Gasteiger partial charge in [0.2, 0.25) is 5.91 Å². The van der Waals surface area contributed by atoms with Crippen LogP contribution < -0.4 is 10.6 Å². The van der Waals surface area contributed by atoms with Gasteiger partial charge in [0.25, 0.3) is 0 Å². The Kier molecular flexibility index (Phi) is 5.59. The Morgan fingerprint density at radius 3 is 2.62 bits per heavy atom. The SMILES string of the molecule is O=C(CC1CCCN1)NC(Cc1ccccc1)c1ccccc1F. The van der Waals surface area contributed by atoms with E-state index in [1.54, 1.807) is 18.2 Å². The van der Waals surface area contributed by atoms with Crippen molar-refractivity contribution in [1.29, 1.82) is 0 Å². The molecule has 3 rings (SSSR count). The highest BCUT2D eigenvalue weighted by Crippen LogP contribution is 2.22. The van der Waals surface area contributed by atoms with Gasteiger partial charge in [-0.1, -0.05) is 48.5 Å². The molecule has 2 aromatic carbocycles. The van der Waals surface area contributed by atoms with E-state index < -0.39 is 0 Å². The lowest BCUT2D eigenvalue weighted by Crippen LogP contribution is -2.35. The highest BCUT2D eigenvalue weighted by Gasteiger charge is 2.22. The van der Waals surface area contributed by atoms with Crippen molar-refractivity contribution in [1.82, 2.24) is 10.6 Å². The summed E-state index contributed by atoms with van der Waals surface area (Å²) in [6.45, 7) is 0.971. The molecule has 0 spiro atoms. The Bertz CT molecular complexity index is 668. The van der Waals surface area contributed by atoms with E-state index in [0.717, 1.165) is 24.9 Å². The first-order valence-electron chi connectivity index (χ1n) is 8.53.